The van der Waals surface area contributed by atoms with Gasteiger partial charge < -0.3 is 24.4 Å². The van der Waals surface area contributed by atoms with E-state index in [1.54, 1.807) is 36.2 Å². The molecule has 0 aliphatic carbocycles. The molecule has 0 bridgehead atoms. The molecule has 33 heavy (non-hydrogen) atoms. The van der Waals surface area contributed by atoms with Crippen LogP contribution in [0.4, 0.5) is 5.69 Å². The Morgan fingerprint density at radius 3 is 2.39 bits per heavy atom. The zero-order chi connectivity index (χ0) is 23.5. The Labute approximate surface area is 196 Å². The lowest BCUT2D eigenvalue weighted by atomic mass is 9.81. The van der Waals surface area contributed by atoms with Crippen molar-refractivity contribution in [3.63, 3.8) is 0 Å². The molecule has 2 unspecified atom stereocenters. The van der Waals surface area contributed by atoms with Gasteiger partial charge in [-0.1, -0.05) is 6.07 Å². The maximum atomic E-state index is 13.7. The van der Waals surface area contributed by atoms with Crippen molar-refractivity contribution in [1.82, 2.24) is 4.90 Å². The quantitative estimate of drug-likeness (QED) is 0.546. The SMILES string of the molecule is CCOc1ccc(NC(=O)C2c3cc(OC)c(OC)cc3C(=O)N(C)C2c2cccs2)cc1. The first kappa shape index (κ1) is 22.7. The predicted molar refractivity (Wildman–Crippen MR) is 128 cm³/mol. The highest BCUT2D eigenvalue weighted by Crippen LogP contribution is 2.46. The van der Waals surface area contributed by atoms with Gasteiger partial charge in [0.15, 0.2) is 11.5 Å². The molecule has 0 spiro atoms. The lowest BCUT2D eigenvalue weighted by molar-refractivity contribution is -0.119. The number of nitrogens with one attached hydrogen (secondary N) is 1. The van der Waals surface area contributed by atoms with Crippen LogP contribution in [0.25, 0.3) is 0 Å². The summed E-state index contributed by atoms with van der Waals surface area (Å²) in [6.07, 6.45) is 0. The van der Waals surface area contributed by atoms with Crippen LogP contribution < -0.4 is 19.5 Å². The van der Waals surface area contributed by atoms with Crippen LogP contribution in [0.5, 0.6) is 17.2 Å². The zero-order valence-electron chi connectivity index (χ0n) is 19.0. The first-order valence-electron chi connectivity index (χ1n) is 10.6. The number of nitrogens with zero attached hydrogens (tertiary/aromatic N) is 1. The van der Waals surface area contributed by atoms with Gasteiger partial charge in [-0.25, -0.2) is 0 Å². The molecule has 7 nitrogen and oxygen atoms in total. The van der Waals surface area contributed by atoms with Gasteiger partial charge in [-0.2, -0.15) is 0 Å². The summed E-state index contributed by atoms with van der Waals surface area (Å²) >= 11 is 1.52. The number of anilines is 1. The molecule has 2 atom stereocenters. The maximum absolute atomic E-state index is 13.7. The third-order valence-corrected chi connectivity index (χ3v) is 6.67. The van der Waals surface area contributed by atoms with Gasteiger partial charge in [0.2, 0.25) is 5.91 Å². The summed E-state index contributed by atoms with van der Waals surface area (Å²) in [6, 6.07) is 14.0. The second-order valence-corrected chi connectivity index (χ2v) is 8.57. The van der Waals surface area contributed by atoms with Gasteiger partial charge in [-0.15, -0.1) is 11.3 Å². The summed E-state index contributed by atoms with van der Waals surface area (Å²) in [5.74, 6) is 0.611. The average molecular weight is 467 g/mol. The lowest BCUT2D eigenvalue weighted by Crippen LogP contribution is -2.43. The van der Waals surface area contributed by atoms with Crippen molar-refractivity contribution in [3.05, 3.63) is 69.9 Å². The van der Waals surface area contributed by atoms with Crippen LogP contribution >= 0.6 is 11.3 Å². The van der Waals surface area contributed by atoms with E-state index in [2.05, 4.69) is 5.32 Å². The molecule has 4 rings (SSSR count). The first-order valence-corrected chi connectivity index (χ1v) is 11.5. The van der Waals surface area contributed by atoms with E-state index in [0.717, 1.165) is 10.6 Å². The van der Waals surface area contributed by atoms with E-state index in [9.17, 15) is 9.59 Å². The van der Waals surface area contributed by atoms with E-state index >= 15 is 0 Å². The number of methoxy groups -OCH3 is 2. The molecule has 172 valence electrons. The molecule has 1 N–H and O–H groups in total. The summed E-state index contributed by atoms with van der Waals surface area (Å²) in [5.41, 5.74) is 1.68. The molecule has 0 fully saturated rings. The summed E-state index contributed by atoms with van der Waals surface area (Å²) in [6.45, 7) is 2.49. The number of amides is 2. The number of hydrogen-bond acceptors (Lipinski definition) is 6. The number of likely N-dealkylation sites (N-methyl/N-ethyl adjacent to an activating group) is 1. The van der Waals surface area contributed by atoms with Crippen LogP contribution in [0.2, 0.25) is 0 Å². The Balaban J connectivity index is 1.78. The number of thiophene rings is 1. The summed E-state index contributed by atoms with van der Waals surface area (Å²) in [5, 5.41) is 4.96. The molecule has 2 heterocycles. The molecule has 1 aliphatic rings. The van der Waals surface area contributed by atoms with Crippen LogP contribution in [-0.4, -0.2) is 44.6 Å². The molecule has 0 radical (unpaired) electrons. The fourth-order valence-corrected chi connectivity index (χ4v) is 5.07. The molecule has 0 saturated carbocycles. The summed E-state index contributed by atoms with van der Waals surface area (Å²) in [7, 11) is 4.78. The van der Waals surface area contributed by atoms with Gasteiger partial charge in [-0.3, -0.25) is 9.59 Å². The molecule has 1 aliphatic heterocycles. The zero-order valence-corrected chi connectivity index (χ0v) is 19.8. The molecular formula is C25H26N2O5S. The molecule has 3 aromatic rings. The van der Waals surface area contributed by atoms with Crippen LogP contribution in [0.3, 0.4) is 0 Å². The number of fused-ring (bicyclic) bond motifs is 1. The maximum Gasteiger partial charge on any atom is 0.254 e. The largest absolute Gasteiger partial charge is 0.494 e. The summed E-state index contributed by atoms with van der Waals surface area (Å²) < 4.78 is 16.4. The van der Waals surface area contributed by atoms with Crippen LogP contribution in [-0.2, 0) is 4.79 Å². The molecule has 8 heteroatoms. The molecular weight excluding hydrogens is 440 g/mol. The fraction of sp³-hybridized carbons (Fsp3) is 0.280. The smallest absolute Gasteiger partial charge is 0.254 e. The highest BCUT2D eigenvalue weighted by atomic mass is 32.1. The topological polar surface area (TPSA) is 77.1 Å². The minimum atomic E-state index is -0.646. The standard InChI is InChI=1S/C25H26N2O5S/c1-5-32-16-10-8-15(9-11-16)26-24(28)22-17-13-19(30-3)20(31-4)14-18(17)25(29)27(2)23(22)21-7-6-12-33-21/h6-14,22-23H,5H2,1-4H3,(H,26,28). The first-order chi connectivity index (χ1) is 16.0. The normalized spacial score (nSPS) is 17.3. The predicted octanol–water partition coefficient (Wildman–Crippen LogP) is 4.71. The number of hydrogen-bond donors (Lipinski definition) is 1. The van der Waals surface area contributed by atoms with Gasteiger partial charge in [0.1, 0.15) is 5.75 Å². The third kappa shape index (κ3) is 4.26. The highest BCUT2D eigenvalue weighted by Gasteiger charge is 2.44. The highest BCUT2D eigenvalue weighted by molar-refractivity contribution is 7.10. The number of benzene rings is 2. The van der Waals surface area contributed by atoms with E-state index in [4.69, 9.17) is 14.2 Å². The van der Waals surface area contributed by atoms with Crippen molar-refractivity contribution in [3.8, 4) is 17.2 Å². The van der Waals surface area contributed by atoms with E-state index in [0.29, 0.717) is 34.9 Å². The lowest BCUT2D eigenvalue weighted by Gasteiger charge is -2.39. The fourth-order valence-electron chi connectivity index (χ4n) is 4.17. The van der Waals surface area contributed by atoms with Gasteiger partial charge in [0, 0.05) is 23.2 Å². The number of ether oxygens (including phenoxy) is 3. The van der Waals surface area contributed by atoms with Crippen molar-refractivity contribution >= 4 is 28.8 Å². The van der Waals surface area contributed by atoms with Crippen molar-refractivity contribution in [1.29, 1.82) is 0 Å². The van der Waals surface area contributed by atoms with Crippen molar-refractivity contribution < 1.29 is 23.8 Å². The van der Waals surface area contributed by atoms with Crippen molar-refractivity contribution in [2.75, 3.05) is 33.2 Å². The molecule has 1 aromatic heterocycles. The number of carbonyl (C=O) groups is 2. The van der Waals surface area contributed by atoms with Gasteiger partial charge in [0.05, 0.1) is 32.8 Å². The molecule has 2 aromatic carbocycles. The monoisotopic (exact) mass is 466 g/mol. The van der Waals surface area contributed by atoms with E-state index in [1.807, 2.05) is 36.6 Å². The molecule has 2 amide bonds. The number of carbonyl (C=O) groups excluding carboxylic acids is 2. The van der Waals surface area contributed by atoms with Crippen LogP contribution in [0.15, 0.2) is 53.9 Å². The second kappa shape index (κ2) is 9.54. The van der Waals surface area contributed by atoms with Crippen LogP contribution in [0, 0.1) is 0 Å². The second-order valence-electron chi connectivity index (χ2n) is 7.60. The Hall–Kier alpha value is -3.52. The van der Waals surface area contributed by atoms with Crippen LogP contribution in [0.1, 0.15) is 39.7 Å². The van der Waals surface area contributed by atoms with Crippen molar-refractivity contribution in [2.24, 2.45) is 0 Å². The van der Waals surface area contributed by atoms with E-state index < -0.39 is 12.0 Å². The van der Waals surface area contributed by atoms with E-state index in [1.165, 1.54) is 25.6 Å². The minimum absolute atomic E-state index is 0.172. The van der Waals surface area contributed by atoms with Gasteiger partial charge in [0.25, 0.3) is 5.91 Å². The Kier molecular flexibility index (Phi) is 6.55. The Bertz CT molecular complexity index is 1140. The summed E-state index contributed by atoms with van der Waals surface area (Å²) in [4.78, 5) is 29.6. The molecule has 0 saturated heterocycles. The third-order valence-electron chi connectivity index (χ3n) is 5.72. The number of rotatable bonds is 7. The minimum Gasteiger partial charge on any atom is -0.494 e. The van der Waals surface area contributed by atoms with Crippen molar-refractivity contribution in [2.45, 2.75) is 18.9 Å². The Morgan fingerprint density at radius 2 is 1.79 bits per heavy atom. The van der Waals surface area contributed by atoms with Gasteiger partial charge >= 0.3 is 0 Å². The van der Waals surface area contributed by atoms with E-state index in [-0.39, 0.29) is 11.8 Å². The Morgan fingerprint density at radius 1 is 1.09 bits per heavy atom. The van der Waals surface area contributed by atoms with Gasteiger partial charge in [-0.05, 0) is 60.3 Å². The average Bonchev–Trinajstić information content (AvgIpc) is 3.36.